The highest BCUT2D eigenvalue weighted by Gasteiger charge is 2.30. The summed E-state index contributed by atoms with van der Waals surface area (Å²) >= 11 is 1.21. The van der Waals surface area contributed by atoms with Gasteiger partial charge < -0.3 is 14.8 Å². The number of carbonyl (C=O) groups is 2. The molecule has 0 bridgehead atoms. The first kappa shape index (κ1) is 21.3. The topological polar surface area (TPSA) is 77.5 Å². The summed E-state index contributed by atoms with van der Waals surface area (Å²) in [6.07, 6.45) is -2.65. The van der Waals surface area contributed by atoms with Crippen molar-refractivity contribution in [2.45, 2.75) is 31.5 Å². The van der Waals surface area contributed by atoms with E-state index in [1.807, 2.05) is 0 Å². The fourth-order valence-electron chi connectivity index (χ4n) is 2.75. The number of benzene rings is 1. The molecule has 0 unspecified atom stereocenters. The van der Waals surface area contributed by atoms with Crippen LogP contribution in [0.5, 0.6) is 0 Å². The van der Waals surface area contributed by atoms with Crippen molar-refractivity contribution in [2.24, 2.45) is 0 Å². The summed E-state index contributed by atoms with van der Waals surface area (Å²) in [5.74, 6) is -1.01. The number of hydrogen-bond acceptors (Lipinski definition) is 6. The van der Waals surface area contributed by atoms with E-state index in [-0.39, 0.29) is 19.1 Å². The molecule has 0 radical (unpaired) electrons. The number of thiazole rings is 1. The van der Waals surface area contributed by atoms with Crippen LogP contribution in [0, 0.1) is 0 Å². The van der Waals surface area contributed by atoms with Crippen LogP contribution in [0.25, 0.3) is 10.6 Å². The van der Waals surface area contributed by atoms with Gasteiger partial charge in [0.1, 0.15) is 5.01 Å². The van der Waals surface area contributed by atoms with Crippen LogP contribution in [0.2, 0.25) is 0 Å². The molecule has 0 saturated carbocycles. The lowest BCUT2D eigenvalue weighted by molar-refractivity contribution is -0.148. The minimum Gasteiger partial charge on any atom is -0.455 e. The maximum absolute atomic E-state index is 12.6. The lowest BCUT2D eigenvalue weighted by atomic mass is 10.1. The van der Waals surface area contributed by atoms with Gasteiger partial charge in [-0.3, -0.25) is 9.59 Å². The molecule has 1 fully saturated rings. The Morgan fingerprint density at radius 3 is 2.69 bits per heavy atom. The maximum Gasteiger partial charge on any atom is 0.416 e. The zero-order valence-corrected chi connectivity index (χ0v) is 16.1. The highest BCUT2D eigenvalue weighted by Crippen LogP contribution is 2.31. The monoisotopic (exact) mass is 428 g/mol. The number of aromatic nitrogens is 1. The second-order valence-corrected chi connectivity index (χ2v) is 7.35. The predicted octanol–water partition coefficient (Wildman–Crippen LogP) is 3.21. The molecule has 2 aromatic rings. The Kier molecular flexibility index (Phi) is 6.86. The maximum atomic E-state index is 12.6. The highest BCUT2D eigenvalue weighted by molar-refractivity contribution is 7.13. The number of amides is 1. The van der Waals surface area contributed by atoms with E-state index in [0.717, 1.165) is 25.0 Å². The van der Waals surface area contributed by atoms with Gasteiger partial charge in [-0.15, -0.1) is 11.3 Å². The van der Waals surface area contributed by atoms with Crippen molar-refractivity contribution in [1.29, 1.82) is 0 Å². The fraction of sp³-hybridized carbons (Fsp3) is 0.421. The van der Waals surface area contributed by atoms with Crippen molar-refractivity contribution in [1.82, 2.24) is 10.3 Å². The van der Waals surface area contributed by atoms with Gasteiger partial charge in [-0.05, 0) is 25.0 Å². The number of hydrogen-bond donors (Lipinski definition) is 1. The first-order valence-electron chi connectivity index (χ1n) is 8.97. The van der Waals surface area contributed by atoms with Crippen molar-refractivity contribution < 1.29 is 32.2 Å². The second-order valence-electron chi connectivity index (χ2n) is 6.50. The van der Waals surface area contributed by atoms with Crippen LogP contribution >= 0.6 is 11.3 Å². The molecule has 1 amide bonds. The molecule has 1 aliphatic rings. The van der Waals surface area contributed by atoms with Gasteiger partial charge in [0.25, 0.3) is 5.91 Å². The smallest absolute Gasteiger partial charge is 0.416 e. The van der Waals surface area contributed by atoms with Crippen LogP contribution < -0.4 is 5.32 Å². The first-order valence-corrected chi connectivity index (χ1v) is 9.85. The SMILES string of the molecule is O=C(COC(=O)Cc1csc(-c2ccc(C(F)(F)F)cc2)n1)NC[C@H]1CCCO1. The van der Waals surface area contributed by atoms with Crippen LogP contribution in [0.3, 0.4) is 0 Å². The third kappa shape index (κ3) is 6.26. The van der Waals surface area contributed by atoms with Crippen LogP contribution in [0.4, 0.5) is 13.2 Å². The molecule has 1 saturated heterocycles. The summed E-state index contributed by atoms with van der Waals surface area (Å²) in [6, 6.07) is 4.64. The molecule has 0 spiro atoms. The van der Waals surface area contributed by atoms with Crippen LogP contribution in [-0.4, -0.2) is 42.7 Å². The van der Waals surface area contributed by atoms with E-state index < -0.39 is 23.6 Å². The van der Waals surface area contributed by atoms with Crippen molar-refractivity contribution in [3.8, 4) is 10.6 Å². The molecule has 156 valence electrons. The standard InChI is InChI=1S/C19H19F3N2O4S/c20-19(21,22)13-5-3-12(4-6-13)18-24-14(11-29-18)8-17(26)28-10-16(25)23-9-15-2-1-7-27-15/h3-6,11,15H,1-2,7-10H2,(H,23,25)/t15-/m1/s1. The minimum absolute atomic E-state index is 0.00766. The van der Waals surface area contributed by atoms with Crippen molar-refractivity contribution >= 4 is 23.2 Å². The Labute approximate surface area is 169 Å². The van der Waals surface area contributed by atoms with Gasteiger partial charge in [0, 0.05) is 24.1 Å². The molecule has 29 heavy (non-hydrogen) atoms. The zero-order valence-electron chi connectivity index (χ0n) is 15.3. The summed E-state index contributed by atoms with van der Waals surface area (Å²) in [5, 5.41) is 4.78. The Balaban J connectivity index is 1.45. The van der Waals surface area contributed by atoms with Gasteiger partial charge in [-0.25, -0.2) is 4.98 Å². The number of ether oxygens (including phenoxy) is 2. The zero-order chi connectivity index (χ0) is 20.9. The van der Waals surface area contributed by atoms with Crippen LogP contribution in [-0.2, 0) is 31.7 Å². The Morgan fingerprint density at radius 2 is 2.03 bits per heavy atom. The molecular formula is C19H19F3N2O4S. The minimum atomic E-state index is -4.40. The van der Waals surface area contributed by atoms with Crippen LogP contribution in [0.1, 0.15) is 24.1 Å². The van der Waals surface area contributed by atoms with E-state index >= 15 is 0 Å². The highest BCUT2D eigenvalue weighted by atomic mass is 32.1. The number of carbonyl (C=O) groups excluding carboxylic acids is 2. The first-order chi connectivity index (χ1) is 13.8. The Morgan fingerprint density at radius 1 is 1.28 bits per heavy atom. The van der Waals surface area contributed by atoms with E-state index in [2.05, 4.69) is 10.3 Å². The summed E-state index contributed by atoms with van der Waals surface area (Å²) in [4.78, 5) is 27.8. The van der Waals surface area contributed by atoms with Gasteiger partial charge in [0.15, 0.2) is 6.61 Å². The summed E-state index contributed by atoms with van der Waals surface area (Å²) in [7, 11) is 0. The van der Waals surface area contributed by atoms with Gasteiger partial charge >= 0.3 is 12.1 Å². The number of alkyl halides is 3. The molecule has 1 N–H and O–H groups in total. The normalized spacial score (nSPS) is 16.6. The summed E-state index contributed by atoms with van der Waals surface area (Å²) in [6.45, 7) is 0.692. The largest absolute Gasteiger partial charge is 0.455 e. The lowest BCUT2D eigenvalue weighted by Crippen LogP contribution is -2.35. The van der Waals surface area contributed by atoms with Gasteiger partial charge in [-0.2, -0.15) is 13.2 Å². The molecule has 1 atom stereocenters. The molecule has 1 aromatic carbocycles. The molecule has 1 aromatic heterocycles. The Hall–Kier alpha value is -2.46. The number of rotatable bonds is 7. The third-order valence-electron chi connectivity index (χ3n) is 4.25. The molecule has 3 rings (SSSR count). The summed E-state index contributed by atoms with van der Waals surface area (Å²) < 4.78 is 48.2. The number of halogens is 3. The summed E-state index contributed by atoms with van der Waals surface area (Å²) in [5.41, 5.74) is 0.213. The lowest BCUT2D eigenvalue weighted by Gasteiger charge is -2.10. The van der Waals surface area contributed by atoms with Crippen molar-refractivity contribution in [2.75, 3.05) is 19.8 Å². The Bertz CT molecular complexity index is 846. The molecule has 1 aliphatic heterocycles. The van der Waals surface area contributed by atoms with E-state index in [0.29, 0.717) is 29.4 Å². The number of nitrogens with one attached hydrogen (secondary N) is 1. The number of esters is 1. The molecule has 10 heteroatoms. The molecular weight excluding hydrogens is 409 g/mol. The molecule has 0 aliphatic carbocycles. The third-order valence-corrected chi connectivity index (χ3v) is 5.19. The van der Waals surface area contributed by atoms with E-state index in [1.165, 1.54) is 23.5 Å². The van der Waals surface area contributed by atoms with E-state index in [9.17, 15) is 22.8 Å². The van der Waals surface area contributed by atoms with Crippen molar-refractivity contribution in [3.05, 3.63) is 40.9 Å². The second kappa shape index (κ2) is 9.36. The van der Waals surface area contributed by atoms with Gasteiger partial charge in [-0.1, -0.05) is 12.1 Å². The molecule has 6 nitrogen and oxygen atoms in total. The average Bonchev–Trinajstić information content (AvgIpc) is 3.36. The van der Waals surface area contributed by atoms with E-state index in [1.54, 1.807) is 5.38 Å². The fourth-order valence-corrected chi connectivity index (χ4v) is 3.58. The average molecular weight is 428 g/mol. The van der Waals surface area contributed by atoms with Gasteiger partial charge in [0.2, 0.25) is 0 Å². The van der Waals surface area contributed by atoms with Crippen molar-refractivity contribution in [3.63, 3.8) is 0 Å². The van der Waals surface area contributed by atoms with E-state index in [4.69, 9.17) is 9.47 Å². The quantitative estimate of drug-likeness (QED) is 0.686. The van der Waals surface area contributed by atoms with Gasteiger partial charge in [0.05, 0.1) is 23.8 Å². The number of nitrogens with zero attached hydrogens (tertiary/aromatic N) is 1. The molecule has 2 heterocycles. The predicted molar refractivity (Wildman–Crippen MR) is 99.2 cm³/mol. The van der Waals surface area contributed by atoms with Crippen LogP contribution in [0.15, 0.2) is 29.6 Å².